The van der Waals surface area contributed by atoms with Crippen molar-refractivity contribution >= 4 is 17.5 Å². The van der Waals surface area contributed by atoms with E-state index in [0.717, 1.165) is 16.8 Å². The van der Waals surface area contributed by atoms with E-state index in [2.05, 4.69) is 15.5 Å². The van der Waals surface area contributed by atoms with Gasteiger partial charge < -0.3 is 10.1 Å². The zero-order chi connectivity index (χ0) is 15.2. The summed E-state index contributed by atoms with van der Waals surface area (Å²) in [6.45, 7) is 4.12. The monoisotopic (exact) mass is 305 g/mol. The summed E-state index contributed by atoms with van der Waals surface area (Å²) < 4.78 is 5.30. The number of hydrogen-bond donors (Lipinski definition) is 1. The summed E-state index contributed by atoms with van der Waals surface area (Å²) >= 11 is 5.80. The molecule has 6 heteroatoms. The molecule has 1 aromatic carbocycles. The Bertz CT molecular complexity index is 629. The van der Waals surface area contributed by atoms with Crippen LogP contribution in [-0.4, -0.2) is 22.7 Å². The van der Waals surface area contributed by atoms with E-state index in [1.807, 2.05) is 26.0 Å². The van der Waals surface area contributed by atoms with Crippen LogP contribution in [0, 0.1) is 13.8 Å². The molecular weight excluding hydrogens is 290 g/mol. The van der Waals surface area contributed by atoms with Crippen molar-refractivity contribution in [2.45, 2.75) is 20.4 Å². The summed E-state index contributed by atoms with van der Waals surface area (Å²) in [6.07, 6.45) is 0. The molecule has 0 aliphatic rings. The third kappa shape index (κ3) is 4.72. The molecule has 0 aliphatic heterocycles. The van der Waals surface area contributed by atoms with Crippen molar-refractivity contribution in [2.75, 3.05) is 6.61 Å². The van der Waals surface area contributed by atoms with Gasteiger partial charge in [0.2, 0.25) is 5.88 Å². The zero-order valence-corrected chi connectivity index (χ0v) is 12.6. The number of carbonyl (C=O) groups excluding carboxylic acids is 1. The van der Waals surface area contributed by atoms with E-state index in [9.17, 15) is 4.79 Å². The van der Waals surface area contributed by atoms with Crippen LogP contribution < -0.4 is 10.1 Å². The lowest BCUT2D eigenvalue weighted by molar-refractivity contribution is -0.123. The number of halogens is 1. The Morgan fingerprint density at radius 2 is 1.95 bits per heavy atom. The topological polar surface area (TPSA) is 64.1 Å². The molecule has 21 heavy (non-hydrogen) atoms. The number of aromatic nitrogens is 2. The minimum atomic E-state index is -0.218. The fourth-order valence-corrected chi connectivity index (χ4v) is 1.71. The Labute approximate surface area is 128 Å². The number of rotatable bonds is 5. The molecule has 2 aromatic rings. The van der Waals surface area contributed by atoms with E-state index in [0.29, 0.717) is 17.4 Å². The second kappa shape index (κ2) is 7.04. The van der Waals surface area contributed by atoms with Crippen molar-refractivity contribution in [3.63, 3.8) is 0 Å². The SMILES string of the molecule is Cc1cc(OCC(=O)NCc2ccc(Cl)cc2)nnc1C. The molecule has 110 valence electrons. The minimum absolute atomic E-state index is 0.0925. The summed E-state index contributed by atoms with van der Waals surface area (Å²) in [5, 5.41) is 11.2. The lowest BCUT2D eigenvalue weighted by atomic mass is 10.2. The van der Waals surface area contributed by atoms with Gasteiger partial charge in [-0.2, -0.15) is 5.10 Å². The fourth-order valence-electron chi connectivity index (χ4n) is 1.59. The fraction of sp³-hybridized carbons (Fsp3) is 0.267. The summed E-state index contributed by atoms with van der Waals surface area (Å²) in [4.78, 5) is 11.7. The quantitative estimate of drug-likeness (QED) is 0.921. The molecule has 0 fully saturated rings. The maximum absolute atomic E-state index is 11.7. The smallest absolute Gasteiger partial charge is 0.258 e. The average molecular weight is 306 g/mol. The highest BCUT2D eigenvalue weighted by molar-refractivity contribution is 6.30. The molecule has 0 unspecified atom stereocenters. The van der Waals surface area contributed by atoms with Gasteiger partial charge in [-0.3, -0.25) is 4.79 Å². The molecule has 0 atom stereocenters. The van der Waals surface area contributed by atoms with Gasteiger partial charge in [0, 0.05) is 17.6 Å². The molecule has 0 saturated carbocycles. The first-order valence-electron chi connectivity index (χ1n) is 6.49. The van der Waals surface area contributed by atoms with Gasteiger partial charge in [-0.05, 0) is 37.1 Å². The van der Waals surface area contributed by atoms with Gasteiger partial charge in [0.25, 0.3) is 5.91 Å². The molecule has 0 aliphatic carbocycles. The first-order chi connectivity index (χ1) is 10.0. The number of nitrogens with one attached hydrogen (secondary N) is 1. The maximum atomic E-state index is 11.7. The number of ether oxygens (including phenoxy) is 1. The molecule has 1 N–H and O–H groups in total. The van der Waals surface area contributed by atoms with E-state index in [1.165, 1.54) is 0 Å². The van der Waals surface area contributed by atoms with Crippen LogP contribution in [0.25, 0.3) is 0 Å². The number of carbonyl (C=O) groups is 1. The number of amides is 1. The number of hydrogen-bond acceptors (Lipinski definition) is 4. The summed E-state index contributed by atoms with van der Waals surface area (Å²) in [5.41, 5.74) is 2.79. The van der Waals surface area contributed by atoms with E-state index >= 15 is 0 Å². The molecule has 1 amide bonds. The van der Waals surface area contributed by atoms with Gasteiger partial charge in [-0.15, -0.1) is 5.10 Å². The van der Waals surface area contributed by atoms with E-state index in [1.54, 1.807) is 18.2 Å². The van der Waals surface area contributed by atoms with Crippen molar-refractivity contribution in [1.29, 1.82) is 0 Å². The first-order valence-corrected chi connectivity index (χ1v) is 6.87. The van der Waals surface area contributed by atoms with E-state index in [-0.39, 0.29) is 12.5 Å². The summed E-state index contributed by atoms with van der Waals surface area (Å²) in [7, 11) is 0. The van der Waals surface area contributed by atoms with Crippen LogP contribution in [0.2, 0.25) is 5.02 Å². The van der Waals surface area contributed by atoms with Crippen LogP contribution in [0.5, 0.6) is 5.88 Å². The Kier molecular flexibility index (Phi) is 5.11. The normalized spacial score (nSPS) is 10.2. The van der Waals surface area contributed by atoms with Crippen LogP contribution in [0.1, 0.15) is 16.8 Å². The maximum Gasteiger partial charge on any atom is 0.258 e. The van der Waals surface area contributed by atoms with Crippen LogP contribution in [0.3, 0.4) is 0 Å². The van der Waals surface area contributed by atoms with Crippen LogP contribution in [-0.2, 0) is 11.3 Å². The zero-order valence-electron chi connectivity index (χ0n) is 11.9. The Morgan fingerprint density at radius 3 is 2.62 bits per heavy atom. The van der Waals surface area contributed by atoms with Gasteiger partial charge in [0.15, 0.2) is 6.61 Å². The highest BCUT2D eigenvalue weighted by atomic mass is 35.5. The highest BCUT2D eigenvalue weighted by Crippen LogP contribution is 2.10. The predicted octanol–water partition coefficient (Wildman–Crippen LogP) is 2.44. The summed E-state index contributed by atoms with van der Waals surface area (Å²) in [6, 6.07) is 9.04. The molecule has 0 radical (unpaired) electrons. The van der Waals surface area contributed by atoms with Gasteiger partial charge in [0.05, 0.1) is 5.69 Å². The second-order valence-electron chi connectivity index (χ2n) is 4.64. The highest BCUT2D eigenvalue weighted by Gasteiger charge is 2.05. The minimum Gasteiger partial charge on any atom is -0.466 e. The van der Waals surface area contributed by atoms with Crippen molar-refractivity contribution in [2.24, 2.45) is 0 Å². The Morgan fingerprint density at radius 1 is 1.24 bits per heavy atom. The van der Waals surface area contributed by atoms with E-state index < -0.39 is 0 Å². The number of nitrogens with zero attached hydrogens (tertiary/aromatic N) is 2. The molecule has 2 rings (SSSR count). The first kappa shape index (κ1) is 15.3. The molecule has 0 bridgehead atoms. The van der Waals surface area contributed by atoms with Crippen molar-refractivity contribution in [3.8, 4) is 5.88 Å². The lowest BCUT2D eigenvalue weighted by Crippen LogP contribution is -2.28. The van der Waals surface area contributed by atoms with Gasteiger partial charge in [-0.25, -0.2) is 0 Å². The third-order valence-electron chi connectivity index (χ3n) is 2.96. The lowest BCUT2D eigenvalue weighted by Gasteiger charge is -2.07. The number of benzene rings is 1. The molecular formula is C15H16ClN3O2. The average Bonchev–Trinajstić information content (AvgIpc) is 2.48. The number of aryl methyl sites for hydroxylation is 2. The molecule has 0 saturated heterocycles. The molecule has 5 nitrogen and oxygen atoms in total. The largest absolute Gasteiger partial charge is 0.466 e. The van der Waals surface area contributed by atoms with Gasteiger partial charge in [0.1, 0.15) is 0 Å². The van der Waals surface area contributed by atoms with Gasteiger partial charge >= 0.3 is 0 Å². The van der Waals surface area contributed by atoms with Crippen LogP contribution in [0.15, 0.2) is 30.3 Å². The van der Waals surface area contributed by atoms with Crippen LogP contribution in [0.4, 0.5) is 0 Å². The van der Waals surface area contributed by atoms with E-state index in [4.69, 9.17) is 16.3 Å². The van der Waals surface area contributed by atoms with Crippen molar-refractivity contribution in [1.82, 2.24) is 15.5 Å². The van der Waals surface area contributed by atoms with Crippen molar-refractivity contribution in [3.05, 3.63) is 52.2 Å². The Hall–Kier alpha value is -2.14. The third-order valence-corrected chi connectivity index (χ3v) is 3.22. The van der Waals surface area contributed by atoms with Crippen molar-refractivity contribution < 1.29 is 9.53 Å². The summed E-state index contributed by atoms with van der Waals surface area (Å²) in [5.74, 6) is 0.129. The standard InChI is InChI=1S/C15H16ClN3O2/c1-10-7-15(19-18-11(10)2)21-9-14(20)17-8-12-3-5-13(16)6-4-12/h3-7H,8-9H2,1-2H3,(H,17,20). The van der Waals surface area contributed by atoms with Gasteiger partial charge in [-0.1, -0.05) is 23.7 Å². The molecule has 1 aromatic heterocycles. The van der Waals surface area contributed by atoms with Crippen LogP contribution >= 0.6 is 11.6 Å². The second-order valence-corrected chi connectivity index (χ2v) is 5.08. The predicted molar refractivity (Wildman–Crippen MR) is 80.3 cm³/mol. The molecule has 1 heterocycles. The Balaban J connectivity index is 1.79. The molecule has 0 spiro atoms.